The number of anilines is 4. The minimum Gasteiger partial charge on any atom is -0.478 e. The first-order valence-corrected chi connectivity index (χ1v) is 10.8. The van der Waals surface area contributed by atoms with Gasteiger partial charge in [0, 0.05) is 32.4 Å². The van der Waals surface area contributed by atoms with Crippen LogP contribution >= 0.6 is 0 Å². The average Bonchev–Trinajstić information content (AvgIpc) is 2.72. The first-order valence-electron chi connectivity index (χ1n) is 9.13. The Labute approximate surface area is 179 Å². The Morgan fingerprint density at radius 2 is 1.87 bits per heavy atom. The molecule has 0 amide bonds. The number of likely N-dealkylation sites (N-methyl/N-ethyl adjacent to an activating group) is 1. The van der Waals surface area contributed by atoms with Crippen molar-refractivity contribution in [1.82, 2.24) is 19.7 Å². The summed E-state index contributed by atoms with van der Waals surface area (Å²) >= 11 is 0. The van der Waals surface area contributed by atoms with Crippen molar-refractivity contribution >= 4 is 39.5 Å². The number of nitrogens with zero attached hydrogens (tertiary/aromatic N) is 4. The molecule has 0 aliphatic rings. The van der Waals surface area contributed by atoms with Gasteiger partial charge in [-0.1, -0.05) is 6.07 Å². The fourth-order valence-corrected chi connectivity index (χ4v) is 2.87. The minimum absolute atomic E-state index is 0. The largest absolute Gasteiger partial charge is 0.478 e. The molecule has 13 nitrogen and oxygen atoms in total. The Kier molecular flexibility index (Phi) is 10.0. The molecular formula is C17H27N7O6S. The van der Waals surface area contributed by atoms with Gasteiger partial charge in [-0.25, -0.2) is 17.9 Å². The van der Waals surface area contributed by atoms with Crippen LogP contribution in [-0.2, 0) is 10.0 Å². The second-order valence-electron chi connectivity index (χ2n) is 6.16. The van der Waals surface area contributed by atoms with Gasteiger partial charge in [0.05, 0.1) is 17.9 Å². The van der Waals surface area contributed by atoms with Crippen molar-refractivity contribution in [2.24, 2.45) is 0 Å². The Morgan fingerprint density at radius 1 is 1.16 bits per heavy atom. The standard InChI is InChI=1S/C17H25N7O5S.H2O/c1-3-30(28,29)19-7-9-24(2)17-22-15(18-8-10-25)21-16(23-17)20-13-6-4-5-12(11-13)14(26)27;/h4-6,11,19,25H,3,7-10H2,1-2H3,(H,26,27)(H2,18,20,21,22,23);1H2. The van der Waals surface area contributed by atoms with Crippen LogP contribution in [0.1, 0.15) is 17.3 Å². The van der Waals surface area contributed by atoms with Crippen LogP contribution in [0, 0.1) is 0 Å². The maximum absolute atomic E-state index is 11.6. The number of carboxylic acids is 1. The number of aliphatic hydroxyl groups excluding tert-OH is 1. The number of sulfonamides is 1. The molecule has 1 heterocycles. The van der Waals surface area contributed by atoms with Crippen LogP contribution in [0.5, 0.6) is 0 Å². The van der Waals surface area contributed by atoms with Gasteiger partial charge in [0.15, 0.2) is 0 Å². The topological polar surface area (TPSA) is 201 Å². The van der Waals surface area contributed by atoms with E-state index in [0.29, 0.717) is 12.2 Å². The second kappa shape index (κ2) is 11.9. The number of rotatable bonds is 12. The monoisotopic (exact) mass is 457 g/mol. The van der Waals surface area contributed by atoms with Crippen molar-refractivity contribution in [3.63, 3.8) is 0 Å². The van der Waals surface area contributed by atoms with Crippen LogP contribution in [0.25, 0.3) is 0 Å². The maximum atomic E-state index is 11.6. The van der Waals surface area contributed by atoms with Crippen molar-refractivity contribution in [2.75, 3.05) is 54.6 Å². The molecule has 0 saturated carbocycles. The molecule has 7 N–H and O–H groups in total. The lowest BCUT2D eigenvalue weighted by Gasteiger charge is -2.19. The van der Waals surface area contributed by atoms with E-state index in [1.165, 1.54) is 12.1 Å². The minimum atomic E-state index is -3.31. The average molecular weight is 458 g/mol. The van der Waals surface area contributed by atoms with Gasteiger partial charge in [0.25, 0.3) is 0 Å². The van der Waals surface area contributed by atoms with Gasteiger partial charge in [-0.3, -0.25) is 0 Å². The highest BCUT2D eigenvalue weighted by molar-refractivity contribution is 7.89. The number of benzene rings is 1. The third-order valence-corrected chi connectivity index (χ3v) is 5.28. The van der Waals surface area contributed by atoms with Crippen LogP contribution in [-0.4, -0.2) is 84.1 Å². The summed E-state index contributed by atoms with van der Waals surface area (Å²) in [6.45, 7) is 2.11. The summed E-state index contributed by atoms with van der Waals surface area (Å²) in [4.78, 5) is 25.6. The zero-order chi connectivity index (χ0) is 22.1. The lowest BCUT2D eigenvalue weighted by atomic mass is 10.2. The molecule has 1 aromatic carbocycles. The SMILES string of the molecule is CCS(=O)(=O)NCCN(C)c1nc(NCCO)nc(Nc2cccc(C(=O)O)c2)n1.O. The number of aromatic nitrogens is 3. The lowest BCUT2D eigenvalue weighted by Crippen LogP contribution is -2.34. The second-order valence-corrected chi connectivity index (χ2v) is 8.26. The number of aliphatic hydroxyl groups is 1. The Morgan fingerprint density at radius 3 is 2.52 bits per heavy atom. The van der Waals surface area contributed by atoms with E-state index in [-0.39, 0.29) is 54.3 Å². The van der Waals surface area contributed by atoms with Gasteiger partial charge in [0.1, 0.15) is 0 Å². The molecule has 1 aromatic heterocycles. The van der Waals surface area contributed by atoms with Crippen molar-refractivity contribution in [3.05, 3.63) is 29.8 Å². The van der Waals surface area contributed by atoms with Gasteiger partial charge in [-0.2, -0.15) is 15.0 Å². The van der Waals surface area contributed by atoms with Gasteiger partial charge in [-0.15, -0.1) is 0 Å². The first-order chi connectivity index (χ1) is 14.2. The molecule has 0 aliphatic carbocycles. The number of carbonyl (C=O) groups is 1. The van der Waals surface area contributed by atoms with E-state index in [0.717, 1.165) is 0 Å². The van der Waals surface area contributed by atoms with Gasteiger partial charge >= 0.3 is 5.97 Å². The number of hydrogen-bond acceptors (Lipinski definition) is 10. The highest BCUT2D eigenvalue weighted by atomic mass is 32.2. The highest BCUT2D eigenvalue weighted by Gasteiger charge is 2.13. The predicted molar refractivity (Wildman–Crippen MR) is 116 cm³/mol. The Hall–Kier alpha value is -3.07. The van der Waals surface area contributed by atoms with Crippen molar-refractivity contribution < 1.29 is 28.9 Å². The molecule has 0 bridgehead atoms. The zero-order valence-electron chi connectivity index (χ0n) is 17.2. The molecular weight excluding hydrogens is 430 g/mol. The molecule has 0 radical (unpaired) electrons. The molecule has 2 rings (SSSR count). The first kappa shape index (κ1) is 26.0. The number of nitrogens with one attached hydrogen (secondary N) is 3. The van der Waals surface area contributed by atoms with E-state index in [1.54, 1.807) is 31.0 Å². The summed E-state index contributed by atoms with van der Waals surface area (Å²) in [5.74, 6) is -0.454. The molecule has 0 aliphatic heterocycles. The molecule has 31 heavy (non-hydrogen) atoms. The van der Waals surface area contributed by atoms with Gasteiger partial charge in [0.2, 0.25) is 27.9 Å². The van der Waals surface area contributed by atoms with E-state index >= 15 is 0 Å². The quantitative estimate of drug-likeness (QED) is 0.269. The van der Waals surface area contributed by atoms with Crippen molar-refractivity contribution in [1.29, 1.82) is 0 Å². The van der Waals surface area contributed by atoms with Crippen LogP contribution in [0.2, 0.25) is 0 Å². The molecule has 14 heteroatoms. The molecule has 0 fully saturated rings. The van der Waals surface area contributed by atoms with E-state index in [9.17, 15) is 13.2 Å². The molecule has 172 valence electrons. The smallest absolute Gasteiger partial charge is 0.335 e. The fourth-order valence-electron chi connectivity index (χ4n) is 2.27. The van der Waals surface area contributed by atoms with Crippen LogP contribution in [0.3, 0.4) is 0 Å². The zero-order valence-corrected chi connectivity index (χ0v) is 18.0. The Balaban J connectivity index is 0.00000480. The molecule has 0 spiro atoms. The number of aromatic carboxylic acids is 1. The van der Waals surface area contributed by atoms with Crippen molar-refractivity contribution in [2.45, 2.75) is 6.92 Å². The summed E-state index contributed by atoms with van der Waals surface area (Å²) in [5, 5.41) is 23.9. The summed E-state index contributed by atoms with van der Waals surface area (Å²) < 4.78 is 25.6. The molecule has 0 unspecified atom stereocenters. The third-order valence-electron chi connectivity index (χ3n) is 3.87. The normalized spacial score (nSPS) is 10.8. The summed E-state index contributed by atoms with van der Waals surface area (Å²) in [6.07, 6.45) is 0. The van der Waals surface area contributed by atoms with Crippen LogP contribution in [0.15, 0.2) is 24.3 Å². The number of hydrogen-bond donors (Lipinski definition) is 5. The van der Waals surface area contributed by atoms with E-state index in [4.69, 9.17) is 10.2 Å². The third kappa shape index (κ3) is 8.29. The molecule has 0 saturated heterocycles. The van der Waals surface area contributed by atoms with E-state index < -0.39 is 16.0 Å². The molecule has 2 aromatic rings. The maximum Gasteiger partial charge on any atom is 0.335 e. The Bertz CT molecular complexity index is 973. The fraction of sp³-hybridized carbons (Fsp3) is 0.412. The van der Waals surface area contributed by atoms with Gasteiger partial charge < -0.3 is 31.2 Å². The van der Waals surface area contributed by atoms with E-state index in [1.807, 2.05) is 0 Å². The highest BCUT2D eigenvalue weighted by Crippen LogP contribution is 2.18. The lowest BCUT2D eigenvalue weighted by molar-refractivity contribution is 0.0697. The van der Waals surface area contributed by atoms with Crippen molar-refractivity contribution in [3.8, 4) is 0 Å². The van der Waals surface area contributed by atoms with Gasteiger partial charge in [-0.05, 0) is 25.1 Å². The number of carboxylic acid groups (broad SMARTS) is 1. The summed E-state index contributed by atoms with van der Waals surface area (Å²) in [7, 11) is -1.61. The van der Waals surface area contributed by atoms with E-state index in [2.05, 4.69) is 30.3 Å². The molecule has 0 atom stereocenters. The van der Waals surface area contributed by atoms with Crippen LogP contribution < -0.4 is 20.3 Å². The summed E-state index contributed by atoms with van der Waals surface area (Å²) in [5.41, 5.74) is 0.576. The predicted octanol–water partition coefficient (Wildman–Crippen LogP) is -0.732. The summed E-state index contributed by atoms with van der Waals surface area (Å²) in [6, 6.07) is 6.16. The van der Waals surface area contributed by atoms with Crippen LogP contribution in [0.4, 0.5) is 23.5 Å².